The molecular weight excluding hydrogens is 360 g/mol. The van der Waals surface area contributed by atoms with Crippen LogP contribution in [0.3, 0.4) is 0 Å². The molecule has 26 heavy (non-hydrogen) atoms. The van der Waals surface area contributed by atoms with Crippen molar-refractivity contribution in [1.82, 2.24) is 10.0 Å². The maximum atomic E-state index is 12.2. The van der Waals surface area contributed by atoms with E-state index in [1.165, 1.54) is 24.3 Å². The molecule has 1 aromatic carbocycles. The summed E-state index contributed by atoms with van der Waals surface area (Å²) in [7, 11) is -3.69. The number of benzene rings is 1. The molecule has 1 aliphatic heterocycles. The summed E-state index contributed by atoms with van der Waals surface area (Å²) in [5.74, 6) is 0.965. The Bertz CT molecular complexity index is 776. The first-order valence-electron chi connectivity index (χ1n) is 8.01. The van der Waals surface area contributed by atoms with Crippen LogP contribution < -0.4 is 10.0 Å². The fourth-order valence-corrected chi connectivity index (χ4v) is 3.34. The summed E-state index contributed by atoms with van der Waals surface area (Å²) in [6.45, 7) is 0.425. The predicted octanol–water partition coefficient (Wildman–Crippen LogP) is 0.0501. The van der Waals surface area contributed by atoms with Gasteiger partial charge in [0.1, 0.15) is 0 Å². The van der Waals surface area contributed by atoms with Gasteiger partial charge in [0, 0.05) is 13.2 Å². The molecule has 0 spiro atoms. The number of carbonyl (C=O) groups excluding carboxylic acids is 2. The molecule has 1 saturated heterocycles. The second kappa shape index (κ2) is 9.33. The van der Waals surface area contributed by atoms with Crippen molar-refractivity contribution in [3.8, 4) is 12.3 Å². The molecule has 8 nitrogen and oxygen atoms in total. The standard InChI is InChI=1S/C17H20N2O6S/c1-2-9-18-16(20)12-25-17(21)13-5-7-15(8-6-13)26(22,23)19-11-14-4-3-10-24-14/h1,5-8,14,19H,3-4,9-12H2,(H,18,20)/t14-/m1/s1. The Morgan fingerprint density at radius 1 is 1.31 bits per heavy atom. The summed E-state index contributed by atoms with van der Waals surface area (Å²) in [4.78, 5) is 23.2. The monoisotopic (exact) mass is 380 g/mol. The number of rotatable bonds is 8. The second-order valence-corrected chi connectivity index (χ2v) is 7.34. The lowest BCUT2D eigenvalue weighted by Crippen LogP contribution is -2.31. The molecule has 0 saturated carbocycles. The molecular formula is C17H20N2O6S. The van der Waals surface area contributed by atoms with Gasteiger partial charge in [0.05, 0.1) is 23.1 Å². The Labute approximate surface area is 152 Å². The predicted molar refractivity (Wildman–Crippen MR) is 92.7 cm³/mol. The van der Waals surface area contributed by atoms with Crippen molar-refractivity contribution in [2.45, 2.75) is 23.8 Å². The molecule has 0 radical (unpaired) electrons. The minimum Gasteiger partial charge on any atom is -0.452 e. The Morgan fingerprint density at radius 3 is 2.65 bits per heavy atom. The van der Waals surface area contributed by atoms with E-state index >= 15 is 0 Å². The number of amides is 1. The molecule has 0 aliphatic carbocycles. The van der Waals surface area contributed by atoms with Crippen molar-refractivity contribution < 1.29 is 27.5 Å². The van der Waals surface area contributed by atoms with Crippen molar-refractivity contribution in [1.29, 1.82) is 0 Å². The largest absolute Gasteiger partial charge is 0.452 e. The van der Waals surface area contributed by atoms with E-state index in [0.29, 0.717) is 6.61 Å². The van der Waals surface area contributed by atoms with Gasteiger partial charge in [-0.25, -0.2) is 17.9 Å². The molecule has 9 heteroatoms. The number of hydrogen-bond acceptors (Lipinski definition) is 6. The molecule has 140 valence electrons. The number of esters is 1. The summed E-state index contributed by atoms with van der Waals surface area (Å²) in [6.07, 6.45) is 6.63. The van der Waals surface area contributed by atoms with Crippen LogP contribution in [0.25, 0.3) is 0 Å². The summed E-state index contributed by atoms with van der Waals surface area (Å²) in [6, 6.07) is 5.24. The minimum atomic E-state index is -3.69. The molecule has 2 rings (SSSR count). The summed E-state index contributed by atoms with van der Waals surface area (Å²) < 4.78 is 37.2. The van der Waals surface area contributed by atoms with Crippen molar-refractivity contribution >= 4 is 21.9 Å². The number of carbonyl (C=O) groups is 2. The highest BCUT2D eigenvalue weighted by molar-refractivity contribution is 7.89. The SMILES string of the molecule is C#CCNC(=O)COC(=O)c1ccc(S(=O)(=O)NC[C@H]2CCCO2)cc1. The van der Waals surface area contributed by atoms with Crippen molar-refractivity contribution in [2.24, 2.45) is 0 Å². The number of ether oxygens (including phenoxy) is 2. The summed E-state index contributed by atoms with van der Waals surface area (Å²) >= 11 is 0. The van der Waals surface area contributed by atoms with Gasteiger partial charge in [-0.15, -0.1) is 6.42 Å². The van der Waals surface area contributed by atoms with Crippen LogP contribution in [0.4, 0.5) is 0 Å². The fraction of sp³-hybridized carbons (Fsp3) is 0.412. The van der Waals surface area contributed by atoms with Gasteiger partial charge in [0.2, 0.25) is 10.0 Å². The Morgan fingerprint density at radius 2 is 2.04 bits per heavy atom. The van der Waals surface area contributed by atoms with Gasteiger partial charge in [-0.2, -0.15) is 0 Å². The van der Waals surface area contributed by atoms with E-state index < -0.39 is 28.5 Å². The Hall–Kier alpha value is -2.41. The third kappa shape index (κ3) is 5.84. The van der Waals surface area contributed by atoms with Crippen LogP contribution in [0, 0.1) is 12.3 Å². The normalized spacial score (nSPS) is 16.7. The highest BCUT2D eigenvalue weighted by Crippen LogP contribution is 2.14. The van der Waals surface area contributed by atoms with E-state index in [4.69, 9.17) is 15.9 Å². The molecule has 1 aromatic rings. The summed E-state index contributed by atoms with van der Waals surface area (Å²) in [5.41, 5.74) is 0.132. The quantitative estimate of drug-likeness (QED) is 0.487. The van der Waals surface area contributed by atoms with Crippen LogP contribution in [-0.2, 0) is 24.3 Å². The zero-order valence-electron chi connectivity index (χ0n) is 14.1. The molecule has 1 atom stereocenters. The van der Waals surface area contributed by atoms with Gasteiger partial charge in [0.15, 0.2) is 6.61 Å². The van der Waals surface area contributed by atoms with Gasteiger partial charge in [0.25, 0.3) is 5.91 Å². The second-order valence-electron chi connectivity index (χ2n) is 5.57. The molecule has 0 unspecified atom stereocenters. The number of nitrogens with one attached hydrogen (secondary N) is 2. The molecule has 1 aliphatic rings. The van der Waals surface area contributed by atoms with E-state index in [1.54, 1.807) is 0 Å². The van der Waals surface area contributed by atoms with Crippen LogP contribution in [0.1, 0.15) is 23.2 Å². The molecule has 1 amide bonds. The number of terminal acetylenes is 1. The maximum Gasteiger partial charge on any atom is 0.338 e. The van der Waals surface area contributed by atoms with Gasteiger partial charge < -0.3 is 14.8 Å². The smallest absolute Gasteiger partial charge is 0.338 e. The third-order valence-electron chi connectivity index (χ3n) is 3.65. The lowest BCUT2D eigenvalue weighted by Gasteiger charge is -2.11. The molecule has 0 bridgehead atoms. The van der Waals surface area contributed by atoms with Gasteiger partial charge >= 0.3 is 5.97 Å². The van der Waals surface area contributed by atoms with E-state index in [2.05, 4.69) is 16.0 Å². The molecule has 1 fully saturated rings. The first-order chi connectivity index (χ1) is 12.4. The van der Waals surface area contributed by atoms with Crippen LogP contribution in [0.5, 0.6) is 0 Å². The zero-order valence-corrected chi connectivity index (χ0v) is 14.9. The average molecular weight is 380 g/mol. The highest BCUT2D eigenvalue weighted by Gasteiger charge is 2.20. The van der Waals surface area contributed by atoms with E-state index in [0.717, 1.165) is 12.8 Å². The third-order valence-corrected chi connectivity index (χ3v) is 5.09. The van der Waals surface area contributed by atoms with Crippen molar-refractivity contribution in [2.75, 3.05) is 26.3 Å². The average Bonchev–Trinajstić information content (AvgIpc) is 3.16. The molecule has 0 aromatic heterocycles. The summed E-state index contributed by atoms with van der Waals surface area (Å²) in [5, 5.41) is 2.36. The van der Waals surface area contributed by atoms with Crippen LogP contribution in [0.2, 0.25) is 0 Å². The van der Waals surface area contributed by atoms with Crippen molar-refractivity contribution in [3.05, 3.63) is 29.8 Å². The van der Waals surface area contributed by atoms with Crippen LogP contribution in [-0.4, -0.2) is 52.7 Å². The minimum absolute atomic E-state index is 0.0267. The molecule has 2 N–H and O–H groups in total. The van der Waals surface area contributed by atoms with E-state index in [1.807, 2.05) is 0 Å². The first-order valence-corrected chi connectivity index (χ1v) is 9.49. The highest BCUT2D eigenvalue weighted by atomic mass is 32.2. The lowest BCUT2D eigenvalue weighted by molar-refractivity contribution is -0.123. The topological polar surface area (TPSA) is 111 Å². The lowest BCUT2D eigenvalue weighted by atomic mass is 10.2. The van der Waals surface area contributed by atoms with E-state index in [9.17, 15) is 18.0 Å². The Kier molecular flexibility index (Phi) is 7.15. The molecule has 1 heterocycles. The first kappa shape index (κ1) is 19.9. The van der Waals surface area contributed by atoms with Crippen LogP contribution in [0.15, 0.2) is 29.2 Å². The number of hydrogen-bond donors (Lipinski definition) is 2. The maximum absolute atomic E-state index is 12.2. The zero-order chi connectivity index (χ0) is 19.0. The van der Waals surface area contributed by atoms with E-state index in [-0.39, 0.29) is 29.7 Å². The Balaban J connectivity index is 1.88. The van der Waals surface area contributed by atoms with Gasteiger partial charge in [-0.1, -0.05) is 5.92 Å². The van der Waals surface area contributed by atoms with Crippen LogP contribution >= 0.6 is 0 Å². The fourth-order valence-electron chi connectivity index (χ4n) is 2.28. The van der Waals surface area contributed by atoms with Crippen molar-refractivity contribution in [3.63, 3.8) is 0 Å². The van der Waals surface area contributed by atoms with Gasteiger partial charge in [-0.3, -0.25) is 4.79 Å². The van der Waals surface area contributed by atoms with Gasteiger partial charge in [-0.05, 0) is 37.1 Å². The number of sulfonamides is 1.